The minimum Gasteiger partial charge on any atom is -0.496 e. The highest BCUT2D eigenvalue weighted by molar-refractivity contribution is 7.89. The number of nitrogens with one attached hydrogen (secondary N) is 1. The molecule has 2 rings (SSSR count). The Kier molecular flexibility index (Phi) is 5.73. The molecule has 0 heterocycles. The van der Waals surface area contributed by atoms with E-state index in [4.69, 9.17) is 9.88 Å². The summed E-state index contributed by atoms with van der Waals surface area (Å²) in [5.74, 6) is -1.03. The molecule has 1 atom stereocenters. The standard InChI is InChI=1S/C16H17FN2O5S/c1-24-15-6-5-12(25(18,22)23)8-13(15)16(21)19-9-14(20)10-3-2-4-11(17)7-10/h2-8,14,20H,9H2,1H3,(H,19,21)(H2,18,22,23). The molecule has 0 radical (unpaired) electrons. The van der Waals surface area contributed by atoms with E-state index in [0.29, 0.717) is 5.56 Å². The number of hydrogen-bond acceptors (Lipinski definition) is 5. The third-order valence-corrected chi connectivity index (χ3v) is 4.34. The molecule has 9 heteroatoms. The number of hydrogen-bond donors (Lipinski definition) is 3. The summed E-state index contributed by atoms with van der Waals surface area (Å²) >= 11 is 0. The van der Waals surface area contributed by atoms with Crippen molar-refractivity contribution in [1.29, 1.82) is 0 Å². The minimum absolute atomic E-state index is 0.0551. The van der Waals surface area contributed by atoms with Crippen LogP contribution in [0.3, 0.4) is 0 Å². The van der Waals surface area contributed by atoms with Crippen molar-refractivity contribution in [2.45, 2.75) is 11.0 Å². The topological polar surface area (TPSA) is 119 Å². The molecular formula is C16H17FN2O5S. The van der Waals surface area contributed by atoms with Crippen LogP contribution in [0.5, 0.6) is 5.75 Å². The first-order valence-electron chi connectivity index (χ1n) is 7.15. The van der Waals surface area contributed by atoms with Crippen molar-refractivity contribution < 1.29 is 27.4 Å². The zero-order valence-corrected chi connectivity index (χ0v) is 14.1. The SMILES string of the molecule is COc1ccc(S(N)(=O)=O)cc1C(=O)NCC(O)c1cccc(F)c1. The number of carbonyl (C=O) groups is 1. The van der Waals surface area contributed by atoms with E-state index in [-0.39, 0.29) is 22.8 Å². The van der Waals surface area contributed by atoms with Crippen LogP contribution < -0.4 is 15.2 Å². The second-order valence-electron chi connectivity index (χ2n) is 5.19. The van der Waals surface area contributed by atoms with Crippen molar-refractivity contribution in [3.8, 4) is 5.75 Å². The normalized spacial score (nSPS) is 12.5. The number of amides is 1. The lowest BCUT2D eigenvalue weighted by atomic mass is 10.1. The highest BCUT2D eigenvalue weighted by atomic mass is 32.2. The Morgan fingerprint density at radius 1 is 1.32 bits per heavy atom. The fourth-order valence-corrected chi connectivity index (χ4v) is 2.70. The van der Waals surface area contributed by atoms with Gasteiger partial charge in [-0.15, -0.1) is 0 Å². The summed E-state index contributed by atoms with van der Waals surface area (Å²) in [4.78, 5) is 12.0. The smallest absolute Gasteiger partial charge is 0.255 e. The van der Waals surface area contributed by atoms with Crippen LogP contribution in [-0.2, 0) is 10.0 Å². The molecule has 0 aliphatic rings. The van der Waals surface area contributed by atoms with Gasteiger partial charge < -0.3 is 15.2 Å². The van der Waals surface area contributed by atoms with Gasteiger partial charge in [-0.3, -0.25) is 4.79 Å². The molecule has 0 fully saturated rings. The highest BCUT2D eigenvalue weighted by Crippen LogP contribution is 2.22. The van der Waals surface area contributed by atoms with Gasteiger partial charge in [0.1, 0.15) is 11.6 Å². The van der Waals surface area contributed by atoms with Gasteiger partial charge in [0, 0.05) is 6.54 Å². The molecular weight excluding hydrogens is 351 g/mol. The zero-order valence-electron chi connectivity index (χ0n) is 13.3. The summed E-state index contributed by atoms with van der Waals surface area (Å²) in [5.41, 5.74) is 0.242. The van der Waals surface area contributed by atoms with Gasteiger partial charge in [-0.05, 0) is 35.9 Å². The van der Waals surface area contributed by atoms with Crippen molar-refractivity contribution in [3.05, 3.63) is 59.4 Å². The second kappa shape index (κ2) is 7.60. The molecule has 134 valence electrons. The largest absolute Gasteiger partial charge is 0.496 e. The number of aliphatic hydroxyl groups is 1. The van der Waals surface area contributed by atoms with Crippen LogP contribution in [0.25, 0.3) is 0 Å². The lowest BCUT2D eigenvalue weighted by molar-refractivity contribution is 0.0913. The van der Waals surface area contributed by atoms with Crippen molar-refractivity contribution in [2.24, 2.45) is 5.14 Å². The third kappa shape index (κ3) is 4.75. The van der Waals surface area contributed by atoms with Crippen LogP contribution in [0.1, 0.15) is 22.0 Å². The molecule has 25 heavy (non-hydrogen) atoms. The van der Waals surface area contributed by atoms with Crippen LogP contribution in [0, 0.1) is 5.82 Å². The van der Waals surface area contributed by atoms with Gasteiger partial charge in [0.05, 0.1) is 23.7 Å². The molecule has 0 bridgehead atoms. The number of halogens is 1. The maximum Gasteiger partial charge on any atom is 0.255 e. The first-order valence-corrected chi connectivity index (χ1v) is 8.69. The van der Waals surface area contributed by atoms with Crippen molar-refractivity contribution in [2.75, 3.05) is 13.7 Å². The Bertz CT molecular complexity index is 886. The third-order valence-electron chi connectivity index (χ3n) is 3.43. The number of sulfonamides is 1. The average molecular weight is 368 g/mol. The summed E-state index contributed by atoms with van der Waals surface area (Å²) < 4.78 is 41.0. The number of carbonyl (C=O) groups excluding carboxylic acids is 1. The van der Waals surface area contributed by atoms with E-state index in [2.05, 4.69) is 5.32 Å². The fraction of sp³-hybridized carbons (Fsp3) is 0.188. The Balaban J connectivity index is 2.17. The van der Waals surface area contributed by atoms with Crippen LogP contribution in [-0.4, -0.2) is 33.1 Å². The van der Waals surface area contributed by atoms with Crippen molar-refractivity contribution >= 4 is 15.9 Å². The lowest BCUT2D eigenvalue weighted by Crippen LogP contribution is -2.29. The van der Waals surface area contributed by atoms with Crippen LogP contribution in [0.2, 0.25) is 0 Å². The first-order chi connectivity index (χ1) is 11.7. The van der Waals surface area contributed by atoms with Gasteiger partial charge in [0.15, 0.2) is 0 Å². The van der Waals surface area contributed by atoms with E-state index in [0.717, 1.165) is 12.1 Å². The molecule has 4 N–H and O–H groups in total. The average Bonchev–Trinajstić information content (AvgIpc) is 2.57. The predicted octanol–water partition coefficient (Wildman–Crippen LogP) is 0.945. The number of nitrogens with two attached hydrogens (primary N) is 1. The second-order valence-corrected chi connectivity index (χ2v) is 6.75. The summed E-state index contributed by atoms with van der Waals surface area (Å²) in [6.07, 6.45) is -1.13. The van der Waals surface area contributed by atoms with E-state index in [1.807, 2.05) is 0 Å². The molecule has 7 nitrogen and oxygen atoms in total. The van der Waals surface area contributed by atoms with Gasteiger partial charge in [-0.1, -0.05) is 12.1 Å². The molecule has 0 aliphatic carbocycles. The molecule has 2 aromatic carbocycles. The Labute approximate surface area is 144 Å². The number of primary sulfonamides is 1. The molecule has 1 unspecified atom stereocenters. The fourth-order valence-electron chi connectivity index (χ4n) is 2.16. The summed E-state index contributed by atoms with van der Waals surface area (Å²) in [7, 11) is -2.67. The molecule has 0 spiro atoms. The first kappa shape index (κ1) is 18.8. The molecule has 0 aromatic heterocycles. The molecule has 0 saturated heterocycles. The maximum absolute atomic E-state index is 13.2. The molecule has 0 aliphatic heterocycles. The number of rotatable bonds is 6. The maximum atomic E-state index is 13.2. The van der Waals surface area contributed by atoms with E-state index in [1.54, 1.807) is 0 Å². The van der Waals surface area contributed by atoms with E-state index in [9.17, 15) is 22.7 Å². The van der Waals surface area contributed by atoms with Crippen LogP contribution in [0.4, 0.5) is 4.39 Å². The minimum atomic E-state index is -3.99. The van der Waals surface area contributed by atoms with Gasteiger partial charge in [0.25, 0.3) is 5.91 Å². The lowest BCUT2D eigenvalue weighted by Gasteiger charge is -2.14. The van der Waals surface area contributed by atoms with E-state index in [1.165, 1.54) is 37.4 Å². The van der Waals surface area contributed by atoms with E-state index >= 15 is 0 Å². The summed E-state index contributed by atoms with van der Waals surface area (Å²) in [6.45, 7) is -0.203. The number of benzene rings is 2. The van der Waals surface area contributed by atoms with Gasteiger partial charge in [0.2, 0.25) is 10.0 Å². The molecule has 0 saturated carbocycles. The van der Waals surface area contributed by atoms with Crippen LogP contribution >= 0.6 is 0 Å². The predicted molar refractivity (Wildman–Crippen MR) is 88.1 cm³/mol. The van der Waals surface area contributed by atoms with Gasteiger partial charge in [-0.25, -0.2) is 17.9 Å². The van der Waals surface area contributed by atoms with E-state index < -0.39 is 27.9 Å². The summed E-state index contributed by atoms with van der Waals surface area (Å²) in [5, 5.41) is 17.5. The number of ether oxygens (including phenoxy) is 1. The summed E-state index contributed by atoms with van der Waals surface area (Å²) in [6, 6.07) is 8.94. The number of methoxy groups -OCH3 is 1. The molecule has 2 aromatic rings. The number of aliphatic hydroxyl groups excluding tert-OH is 1. The van der Waals surface area contributed by atoms with Crippen molar-refractivity contribution in [3.63, 3.8) is 0 Å². The molecule has 1 amide bonds. The van der Waals surface area contributed by atoms with Crippen LogP contribution in [0.15, 0.2) is 47.4 Å². The Morgan fingerprint density at radius 2 is 2.04 bits per heavy atom. The quantitative estimate of drug-likeness (QED) is 0.701. The highest BCUT2D eigenvalue weighted by Gasteiger charge is 2.18. The monoisotopic (exact) mass is 368 g/mol. The van der Waals surface area contributed by atoms with Gasteiger partial charge in [-0.2, -0.15) is 0 Å². The Hall–Kier alpha value is -2.49. The Morgan fingerprint density at radius 3 is 2.64 bits per heavy atom. The zero-order chi connectivity index (χ0) is 18.6. The van der Waals surface area contributed by atoms with Gasteiger partial charge >= 0.3 is 0 Å². The van der Waals surface area contributed by atoms with Crippen molar-refractivity contribution in [1.82, 2.24) is 5.32 Å².